The first-order valence-corrected chi connectivity index (χ1v) is 6.94. The molecule has 0 aliphatic carbocycles. The molecule has 106 valence electrons. The van der Waals surface area contributed by atoms with Crippen LogP contribution in [0, 0.1) is 0 Å². The van der Waals surface area contributed by atoms with Crippen LogP contribution in [-0.4, -0.2) is 6.61 Å². The maximum Gasteiger partial charge on any atom is 0.387 e. The summed E-state index contributed by atoms with van der Waals surface area (Å²) < 4.78 is 29.5. The monoisotopic (exact) mass is 361 g/mol. The Labute approximate surface area is 128 Å². The molecule has 0 bridgehead atoms. The molecular formula is C14H11BrClF2NO. The molecule has 6 heteroatoms. The maximum atomic E-state index is 12.1. The molecule has 0 atom stereocenters. The molecule has 2 nitrogen and oxygen atoms in total. The lowest BCUT2D eigenvalue weighted by Crippen LogP contribution is -2.03. The third-order valence-corrected chi connectivity index (χ3v) is 3.41. The molecule has 0 unspecified atom stereocenters. The summed E-state index contributed by atoms with van der Waals surface area (Å²) in [5.74, 6) is 0.116. The van der Waals surface area contributed by atoms with E-state index in [1.54, 1.807) is 18.2 Å². The van der Waals surface area contributed by atoms with E-state index in [1.165, 1.54) is 12.1 Å². The average Bonchev–Trinajstić information content (AvgIpc) is 2.39. The maximum absolute atomic E-state index is 12.1. The minimum Gasteiger partial charge on any atom is -0.435 e. The Kier molecular flexibility index (Phi) is 5.20. The van der Waals surface area contributed by atoms with Gasteiger partial charge in [-0.15, -0.1) is 0 Å². The van der Waals surface area contributed by atoms with E-state index >= 15 is 0 Å². The van der Waals surface area contributed by atoms with E-state index in [0.29, 0.717) is 17.3 Å². The molecule has 20 heavy (non-hydrogen) atoms. The summed E-state index contributed by atoms with van der Waals surface area (Å²) in [7, 11) is 0. The standard InChI is InChI=1S/C14H11BrClF2NO/c15-10-4-5-13(16)9(6-10)8-19-11-2-1-3-12(7-11)20-14(17)18/h1-7,14,19H,8H2. The topological polar surface area (TPSA) is 21.3 Å². The number of nitrogens with one attached hydrogen (secondary N) is 1. The van der Waals surface area contributed by atoms with Gasteiger partial charge in [-0.25, -0.2) is 0 Å². The molecule has 2 aromatic rings. The fourth-order valence-electron chi connectivity index (χ4n) is 1.66. The Hall–Kier alpha value is -1.33. The highest BCUT2D eigenvalue weighted by Crippen LogP contribution is 2.23. The zero-order valence-corrected chi connectivity index (χ0v) is 12.6. The quantitative estimate of drug-likeness (QED) is 0.777. The van der Waals surface area contributed by atoms with Crippen LogP contribution in [0.1, 0.15) is 5.56 Å². The van der Waals surface area contributed by atoms with Crippen LogP contribution in [0.3, 0.4) is 0 Å². The molecule has 2 aromatic carbocycles. The largest absolute Gasteiger partial charge is 0.435 e. The summed E-state index contributed by atoms with van der Waals surface area (Å²) in [6, 6.07) is 11.9. The van der Waals surface area contributed by atoms with E-state index in [2.05, 4.69) is 26.0 Å². The van der Waals surface area contributed by atoms with Gasteiger partial charge in [-0.05, 0) is 35.9 Å². The number of hydrogen-bond donors (Lipinski definition) is 1. The van der Waals surface area contributed by atoms with Crippen LogP contribution in [0.4, 0.5) is 14.5 Å². The Morgan fingerprint density at radius 3 is 2.75 bits per heavy atom. The third kappa shape index (κ3) is 4.35. The molecule has 0 saturated heterocycles. The fraction of sp³-hybridized carbons (Fsp3) is 0.143. The van der Waals surface area contributed by atoms with Gasteiger partial charge < -0.3 is 10.1 Å². The molecule has 0 aliphatic rings. The number of ether oxygens (including phenoxy) is 1. The summed E-state index contributed by atoms with van der Waals surface area (Å²) in [4.78, 5) is 0. The van der Waals surface area contributed by atoms with Gasteiger partial charge in [0.05, 0.1) is 0 Å². The second kappa shape index (κ2) is 6.90. The van der Waals surface area contributed by atoms with Gasteiger partial charge in [0.25, 0.3) is 0 Å². The lowest BCUT2D eigenvalue weighted by atomic mass is 10.2. The number of rotatable bonds is 5. The van der Waals surface area contributed by atoms with Crippen LogP contribution in [0.5, 0.6) is 5.75 Å². The predicted octanol–water partition coefficient (Wildman–Crippen LogP) is 5.32. The molecule has 0 spiro atoms. The van der Waals surface area contributed by atoms with Crippen molar-refractivity contribution in [3.8, 4) is 5.75 Å². The number of benzene rings is 2. The average molecular weight is 363 g/mol. The van der Waals surface area contributed by atoms with E-state index in [4.69, 9.17) is 11.6 Å². The summed E-state index contributed by atoms with van der Waals surface area (Å²) in [6.45, 7) is -2.35. The fourth-order valence-corrected chi connectivity index (χ4v) is 2.25. The van der Waals surface area contributed by atoms with Crippen molar-refractivity contribution >= 4 is 33.2 Å². The van der Waals surface area contributed by atoms with Crippen LogP contribution in [-0.2, 0) is 6.54 Å². The first kappa shape index (κ1) is 15.1. The Balaban J connectivity index is 2.05. The molecule has 0 fully saturated rings. The first-order valence-electron chi connectivity index (χ1n) is 5.77. The van der Waals surface area contributed by atoms with Crippen molar-refractivity contribution in [2.24, 2.45) is 0 Å². The molecule has 0 amide bonds. The molecular weight excluding hydrogens is 352 g/mol. The van der Waals surface area contributed by atoms with Gasteiger partial charge in [0.1, 0.15) is 5.75 Å². The van der Waals surface area contributed by atoms with Gasteiger partial charge in [0.2, 0.25) is 0 Å². The van der Waals surface area contributed by atoms with E-state index in [9.17, 15) is 8.78 Å². The number of halogens is 4. The Morgan fingerprint density at radius 2 is 2.00 bits per heavy atom. The zero-order chi connectivity index (χ0) is 14.5. The number of alkyl halides is 2. The van der Waals surface area contributed by atoms with E-state index < -0.39 is 6.61 Å². The highest BCUT2D eigenvalue weighted by molar-refractivity contribution is 9.10. The van der Waals surface area contributed by atoms with Crippen molar-refractivity contribution in [1.82, 2.24) is 0 Å². The van der Waals surface area contributed by atoms with Gasteiger partial charge in [-0.2, -0.15) is 8.78 Å². The van der Waals surface area contributed by atoms with E-state index in [0.717, 1.165) is 10.0 Å². The predicted molar refractivity (Wildman–Crippen MR) is 79.6 cm³/mol. The SMILES string of the molecule is FC(F)Oc1cccc(NCc2cc(Br)ccc2Cl)c1. The number of hydrogen-bond acceptors (Lipinski definition) is 2. The molecule has 2 rings (SSSR count). The van der Waals surface area contributed by atoms with E-state index in [-0.39, 0.29) is 5.75 Å². The second-order valence-electron chi connectivity index (χ2n) is 4.00. The van der Waals surface area contributed by atoms with Gasteiger partial charge in [-0.3, -0.25) is 0 Å². The lowest BCUT2D eigenvalue weighted by molar-refractivity contribution is -0.0498. The molecule has 0 heterocycles. The molecule has 0 aliphatic heterocycles. The second-order valence-corrected chi connectivity index (χ2v) is 5.32. The Bertz CT molecular complexity index is 595. The van der Waals surface area contributed by atoms with Crippen molar-refractivity contribution in [2.75, 3.05) is 5.32 Å². The van der Waals surface area contributed by atoms with Crippen LogP contribution in [0.15, 0.2) is 46.9 Å². The van der Waals surface area contributed by atoms with Gasteiger partial charge in [0.15, 0.2) is 0 Å². The number of anilines is 1. The smallest absolute Gasteiger partial charge is 0.387 e. The van der Waals surface area contributed by atoms with Crippen molar-refractivity contribution in [3.63, 3.8) is 0 Å². The van der Waals surface area contributed by atoms with Crippen LogP contribution in [0.2, 0.25) is 5.02 Å². The summed E-state index contributed by atoms with van der Waals surface area (Å²) >= 11 is 9.45. The highest BCUT2D eigenvalue weighted by Gasteiger charge is 2.05. The Morgan fingerprint density at radius 1 is 1.20 bits per heavy atom. The molecule has 0 saturated carbocycles. The summed E-state index contributed by atoms with van der Waals surface area (Å²) in [5, 5.41) is 3.75. The third-order valence-electron chi connectivity index (χ3n) is 2.55. The zero-order valence-electron chi connectivity index (χ0n) is 10.2. The van der Waals surface area contributed by atoms with Crippen LogP contribution >= 0.6 is 27.5 Å². The molecule has 0 radical (unpaired) electrons. The minimum absolute atomic E-state index is 0.116. The van der Waals surface area contributed by atoms with Gasteiger partial charge in [0, 0.05) is 27.8 Å². The van der Waals surface area contributed by atoms with Crippen molar-refractivity contribution in [2.45, 2.75) is 13.2 Å². The van der Waals surface area contributed by atoms with Crippen molar-refractivity contribution < 1.29 is 13.5 Å². The highest BCUT2D eigenvalue weighted by atomic mass is 79.9. The van der Waals surface area contributed by atoms with Crippen molar-refractivity contribution in [3.05, 3.63) is 57.5 Å². The summed E-state index contributed by atoms with van der Waals surface area (Å²) in [6.07, 6.45) is 0. The minimum atomic E-state index is -2.83. The van der Waals surface area contributed by atoms with Gasteiger partial charge >= 0.3 is 6.61 Å². The normalized spacial score (nSPS) is 10.7. The van der Waals surface area contributed by atoms with Crippen LogP contribution < -0.4 is 10.1 Å². The summed E-state index contributed by atoms with van der Waals surface area (Å²) in [5.41, 5.74) is 1.58. The van der Waals surface area contributed by atoms with Crippen LogP contribution in [0.25, 0.3) is 0 Å². The van der Waals surface area contributed by atoms with Crippen molar-refractivity contribution in [1.29, 1.82) is 0 Å². The first-order chi connectivity index (χ1) is 9.54. The molecule has 0 aromatic heterocycles. The van der Waals surface area contributed by atoms with E-state index in [1.807, 2.05) is 12.1 Å². The lowest BCUT2D eigenvalue weighted by Gasteiger charge is -2.10. The molecule has 1 N–H and O–H groups in total. The van der Waals surface area contributed by atoms with Gasteiger partial charge in [-0.1, -0.05) is 33.6 Å².